The highest BCUT2D eigenvalue weighted by Gasteiger charge is 2.08. The molecule has 158 valence electrons. The van der Waals surface area contributed by atoms with Crippen LogP contribution in [0.4, 0.5) is 0 Å². The summed E-state index contributed by atoms with van der Waals surface area (Å²) in [7, 11) is 0. The van der Waals surface area contributed by atoms with Crippen LogP contribution in [-0.4, -0.2) is 32.3 Å². The lowest BCUT2D eigenvalue weighted by Gasteiger charge is -2.12. The Morgan fingerprint density at radius 3 is 2.28 bits per heavy atom. The van der Waals surface area contributed by atoms with E-state index >= 15 is 0 Å². The number of ether oxygens (including phenoxy) is 3. The first-order chi connectivity index (χ1) is 14.2. The molecular formula is C24H33NO4. The van der Waals surface area contributed by atoms with Crippen molar-refractivity contribution in [3.8, 4) is 17.2 Å². The molecule has 0 saturated heterocycles. The molecule has 0 atom stereocenters. The lowest BCUT2D eigenvalue weighted by molar-refractivity contribution is -0.121. The fourth-order valence-corrected chi connectivity index (χ4v) is 3.11. The van der Waals surface area contributed by atoms with Gasteiger partial charge in [0.25, 0.3) is 0 Å². The summed E-state index contributed by atoms with van der Waals surface area (Å²) in [6.45, 7) is 8.37. The lowest BCUT2D eigenvalue weighted by atomic mass is 10.1. The topological polar surface area (TPSA) is 56.8 Å². The van der Waals surface area contributed by atoms with E-state index in [1.165, 1.54) is 5.56 Å². The van der Waals surface area contributed by atoms with Crippen LogP contribution >= 0.6 is 0 Å². The van der Waals surface area contributed by atoms with Crippen molar-refractivity contribution in [1.29, 1.82) is 0 Å². The number of amides is 1. The molecule has 1 amide bonds. The summed E-state index contributed by atoms with van der Waals surface area (Å²) in [5.74, 6) is 2.48. The number of carbonyl (C=O) groups is 1. The van der Waals surface area contributed by atoms with E-state index in [0.29, 0.717) is 39.2 Å². The van der Waals surface area contributed by atoms with Crippen molar-refractivity contribution in [3.05, 3.63) is 53.6 Å². The van der Waals surface area contributed by atoms with E-state index in [1.807, 2.05) is 57.2 Å². The van der Waals surface area contributed by atoms with Crippen LogP contribution in [0, 0.1) is 0 Å². The number of carbonyl (C=O) groups excluding carboxylic acids is 1. The Hall–Kier alpha value is -2.69. The molecule has 2 rings (SSSR count). The molecule has 2 aromatic carbocycles. The van der Waals surface area contributed by atoms with Crippen molar-refractivity contribution >= 4 is 5.91 Å². The van der Waals surface area contributed by atoms with Gasteiger partial charge in [0.05, 0.1) is 19.8 Å². The minimum absolute atomic E-state index is 0.0648. The van der Waals surface area contributed by atoms with E-state index in [1.54, 1.807) is 0 Å². The average Bonchev–Trinajstić information content (AvgIpc) is 2.73. The van der Waals surface area contributed by atoms with Gasteiger partial charge in [-0.1, -0.05) is 24.3 Å². The van der Waals surface area contributed by atoms with Crippen LogP contribution in [0.25, 0.3) is 0 Å². The van der Waals surface area contributed by atoms with E-state index < -0.39 is 0 Å². The van der Waals surface area contributed by atoms with Crippen LogP contribution in [0.15, 0.2) is 42.5 Å². The van der Waals surface area contributed by atoms with Gasteiger partial charge in [-0.25, -0.2) is 0 Å². The smallest absolute Gasteiger partial charge is 0.220 e. The highest BCUT2D eigenvalue weighted by molar-refractivity contribution is 5.76. The van der Waals surface area contributed by atoms with Crippen molar-refractivity contribution in [2.24, 2.45) is 0 Å². The highest BCUT2D eigenvalue weighted by Crippen LogP contribution is 2.29. The summed E-state index contributed by atoms with van der Waals surface area (Å²) < 4.78 is 16.9. The minimum Gasteiger partial charge on any atom is -0.494 e. The van der Waals surface area contributed by atoms with Gasteiger partial charge in [0, 0.05) is 13.0 Å². The molecule has 0 aliphatic rings. The third-order valence-electron chi connectivity index (χ3n) is 4.47. The summed E-state index contributed by atoms with van der Waals surface area (Å²) in [6, 6.07) is 13.9. The van der Waals surface area contributed by atoms with Crippen molar-refractivity contribution in [2.75, 3.05) is 26.4 Å². The molecule has 0 radical (unpaired) electrons. The Labute approximate surface area is 174 Å². The summed E-state index contributed by atoms with van der Waals surface area (Å²) >= 11 is 0. The zero-order chi connectivity index (χ0) is 20.9. The first-order valence-electron chi connectivity index (χ1n) is 10.5. The lowest BCUT2D eigenvalue weighted by Crippen LogP contribution is -2.25. The molecule has 0 spiro atoms. The molecular weight excluding hydrogens is 366 g/mol. The van der Waals surface area contributed by atoms with Crippen LogP contribution in [0.5, 0.6) is 17.2 Å². The summed E-state index contributed by atoms with van der Waals surface area (Å²) in [4.78, 5) is 12.2. The number of aryl methyl sites for hydroxylation is 2. The Morgan fingerprint density at radius 2 is 1.52 bits per heavy atom. The van der Waals surface area contributed by atoms with Crippen molar-refractivity contribution in [1.82, 2.24) is 5.32 Å². The summed E-state index contributed by atoms with van der Waals surface area (Å²) in [6.07, 6.45) is 2.89. The second kappa shape index (κ2) is 12.7. The maximum atomic E-state index is 12.2. The van der Waals surface area contributed by atoms with Gasteiger partial charge in [0.1, 0.15) is 5.75 Å². The minimum atomic E-state index is 0.0648. The molecule has 5 heteroatoms. The molecule has 1 N–H and O–H groups in total. The number of nitrogens with one attached hydrogen (secondary N) is 1. The van der Waals surface area contributed by atoms with E-state index in [-0.39, 0.29) is 5.91 Å². The van der Waals surface area contributed by atoms with Crippen LogP contribution in [-0.2, 0) is 17.6 Å². The molecule has 0 heterocycles. The van der Waals surface area contributed by atoms with Gasteiger partial charge < -0.3 is 19.5 Å². The van der Waals surface area contributed by atoms with Crippen LogP contribution < -0.4 is 19.5 Å². The number of hydrogen-bond donors (Lipinski definition) is 1. The van der Waals surface area contributed by atoms with Gasteiger partial charge in [-0.05, 0) is 69.4 Å². The predicted molar refractivity (Wildman–Crippen MR) is 116 cm³/mol. The molecule has 0 aliphatic carbocycles. The molecule has 0 aromatic heterocycles. The Morgan fingerprint density at radius 1 is 0.828 bits per heavy atom. The van der Waals surface area contributed by atoms with Crippen LogP contribution in [0.3, 0.4) is 0 Å². The average molecular weight is 400 g/mol. The zero-order valence-electron chi connectivity index (χ0n) is 17.8. The van der Waals surface area contributed by atoms with Crippen molar-refractivity contribution in [3.63, 3.8) is 0 Å². The van der Waals surface area contributed by atoms with Gasteiger partial charge in [-0.3, -0.25) is 4.79 Å². The van der Waals surface area contributed by atoms with E-state index in [2.05, 4.69) is 11.4 Å². The highest BCUT2D eigenvalue weighted by atomic mass is 16.5. The molecule has 0 fully saturated rings. The van der Waals surface area contributed by atoms with Gasteiger partial charge >= 0.3 is 0 Å². The maximum absolute atomic E-state index is 12.2. The molecule has 0 bridgehead atoms. The predicted octanol–water partition coefficient (Wildman–Crippen LogP) is 4.56. The molecule has 2 aromatic rings. The fourth-order valence-electron chi connectivity index (χ4n) is 3.11. The molecule has 0 saturated carbocycles. The molecule has 29 heavy (non-hydrogen) atoms. The van der Waals surface area contributed by atoms with E-state index in [4.69, 9.17) is 14.2 Å². The third-order valence-corrected chi connectivity index (χ3v) is 4.47. The normalized spacial score (nSPS) is 10.4. The summed E-state index contributed by atoms with van der Waals surface area (Å²) in [5.41, 5.74) is 2.25. The number of para-hydroxylation sites is 1. The molecule has 5 nitrogen and oxygen atoms in total. The molecule has 0 aliphatic heterocycles. The Balaban J connectivity index is 1.75. The number of hydrogen-bond acceptors (Lipinski definition) is 4. The Kier molecular flexibility index (Phi) is 9.90. The Bertz CT molecular complexity index is 760. The number of benzene rings is 2. The van der Waals surface area contributed by atoms with Gasteiger partial charge in [0.15, 0.2) is 11.5 Å². The van der Waals surface area contributed by atoms with Gasteiger partial charge in [-0.15, -0.1) is 0 Å². The first kappa shape index (κ1) is 22.6. The maximum Gasteiger partial charge on any atom is 0.220 e. The summed E-state index contributed by atoms with van der Waals surface area (Å²) in [5, 5.41) is 3.01. The van der Waals surface area contributed by atoms with Gasteiger partial charge in [-0.2, -0.15) is 0 Å². The second-order valence-corrected chi connectivity index (χ2v) is 6.64. The SMILES string of the molecule is CCOc1ccccc1CCCNC(=O)CCc1ccc(OCC)c(OCC)c1. The van der Waals surface area contributed by atoms with Crippen LogP contribution in [0.1, 0.15) is 44.7 Å². The monoisotopic (exact) mass is 399 g/mol. The first-order valence-corrected chi connectivity index (χ1v) is 10.5. The van der Waals surface area contributed by atoms with E-state index in [0.717, 1.165) is 35.7 Å². The zero-order valence-corrected chi connectivity index (χ0v) is 17.8. The third kappa shape index (κ3) is 7.68. The quantitative estimate of drug-likeness (QED) is 0.502. The standard InChI is InChI=1S/C24H33NO4/c1-4-27-21-12-8-7-10-20(21)11-9-17-25-24(26)16-14-19-13-15-22(28-5-2)23(18-19)29-6-3/h7-8,10,12-13,15,18H,4-6,9,11,14,16-17H2,1-3H3,(H,25,26). The van der Waals surface area contributed by atoms with Gasteiger partial charge in [0.2, 0.25) is 5.91 Å². The largest absolute Gasteiger partial charge is 0.494 e. The van der Waals surface area contributed by atoms with Crippen molar-refractivity contribution < 1.29 is 19.0 Å². The van der Waals surface area contributed by atoms with Crippen LogP contribution in [0.2, 0.25) is 0 Å². The van der Waals surface area contributed by atoms with Crippen molar-refractivity contribution in [2.45, 2.75) is 46.5 Å². The van der Waals surface area contributed by atoms with E-state index in [9.17, 15) is 4.79 Å². The fraction of sp³-hybridized carbons (Fsp3) is 0.458. The second-order valence-electron chi connectivity index (χ2n) is 6.64. The molecule has 0 unspecified atom stereocenters. The number of rotatable bonds is 13.